The molecule has 1 N–H and O–H groups in total. The van der Waals surface area contributed by atoms with Gasteiger partial charge in [0.25, 0.3) is 11.5 Å². The standard InChI is InChI=1S/C20H21N5O2/c1-23-11-13-24(14-12-23)22-19(26)18-16-9-5-6-10-17(16)20(27)25(21-18)15-7-3-2-4-8-15/h2-10H,11-14H2,1H3,(H,22,26). The Kier molecular flexibility index (Phi) is 4.70. The van der Waals surface area contributed by atoms with Crippen LogP contribution in [-0.2, 0) is 0 Å². The van der Waals surface area contributed by atoms with Crippen molar-refractivity contribution in [3.05, 3.63) is 70.6 Å². The highest BCUT2D eigenvalue weighted by molar-refractivity contribution is 6.04. The van der Waals surface area contributed by atoms with Gasteiger partial charge in [-0.05, 0) is 25.2 Å². The molecule has 1 fully saturated rings. The van der Waals surface area contributed by atoms with Gasteiger partial charge < -0.3 is 4.90 Å². The van der Waals surface area contributed by atoms with E-state index in [9.17, 15) is 9.59 Å². The summed E-state index contributed by atoms with van der Waals surface area (Å²) in [6.45, 7) is 3.27. The van der Waals surface area contributed by atoms with Crippen LogP contribution in [0.5, 0.6) is 0 Å². The molecule has 1 aliphatic rings. The van der Waals surface area contributed by atoms with Crippen molar-refractivity contribution in [2.24, 2.45) is 0 Å². The zero-order valence-corrected chi connectivity index (χ0v) is 15.1. The predicted octanol–water partition coefficient (Wildman–Crippen LogP) is 1.28. The number of fused-ring (bicyclic) bond motifs is 1. The van der Waals surface area contributed by atoms with Crippen LogP contribution in [0.3, 0.4) is 0 Å². The van der Waals surface area contributed by atoms with Crippen molar-refractivity contribution in [2.75, 3.05) is 33.2 Å². The number of benzene rings is 2. The van der Waals surface area contributed by atoms with Gasteiger partial charge in [0, 0.05) is 31.6 Å². The predicted molar refractivity (Wildman–Crippen MR) is 104 cm³/mol. The summed E-state index contributed by atoms with van der Waals surface area (Å²) < 4.78 is 1.29. The maximum absolute atomic E-state index is 13.0. The van der Waals surface area contributed by atoms with E-state index in [1.807, 2.05) is 29.3 Å². The molecule has 4 rings (SSSR count). The SMILES string of the molecule is CN1CCN(NC(=O)c2nn(-c3ccccc3)c(=O)c3ccccc23)CC1. The second-order valence-electron chi connectivity index (χ2n) is 6.68. The summed E-state index contributed by atoms with van der Waals surface area (Å²) in [6, 6.07) is 16.2. The molecule has 0 radical (unpaired) electrons. The van der Waals surface area contributed by atoms with Crippen LogP contribution in [0, 0.1) is 0 Å². The van der Waals surface area contributed by atoms with Crippen LogP contribution in [0.2, 0.25) is 0 Å². The fourth-order valence-electron chi connectivity index (χ4n) is 3.22. The van der Waals surface area contributed by atoms with Crippen molar-refractivity contribution in [2.45, 2.75) is 0 Å². The van der Waals surface area contributed by atoms with Gasteiger partial charge >= 0.3 is 0 Å². The van der Waals surface area contributed by atoms with Crippen LogP contribution in [0.4, 0.5) is 0 Å². The minimum Gasteiger partial charge on any atom is -0.304 e. The molecule has 7 heteroatoms. The first kappa shape index (κ1) is 17.4. The van der Waals surface area contributed by atoms with E-state index >= 15 is 0 Å². The number of aromatic nitrogens is 2. The lowest BCUT2D eigenvalue weighted by molar-refractivity contribution is 0.0658. The summed E-state index contributed by atoms with van der Waals surface area (Å²) in [5.41, 5.74) is 3.56. The number of carbonyl (C=O) groups is 1. The Morgan fingerprint density at radius 3 is 2.26 bits per heavy atom. The van der Waals surface area contributed by atoms with E-state index in [0.717, 1.165) is 26.2 Å². The van der Waals surface area contributed by atoms with Crippen LogP contribution < -0.4 is 11.0 Å². The summed E-state index contributed by atoms with van der Waals surface area (Å²) in [4.78, 5) is 28.1. The molecule has 27 heavy (non-hydrogen) atoms. The Morgan fingerprint density at radius 2 is 1.56 bits per heavy atom. The van der Waals surface area contributed by atoms with Crippen molar-refractivity contribution < 1.29 is 4.79 Å². The molecular formula is C20H21N5O2. The minimum absolute atomic E-state index is 0.243. The van der Waals surface area contributed by atoms with Gasteiger partial charge in [0.2, 0.25) is 0 Å². The fraction of sp³-hybridized carbons (Fsp3) is 0.250. The highest BCUT2D eigenvalue weighted by atomic mass is 16.2. The Bertz CT molecular complexity index is 1020. The smallest absolute Gasteiger partial charge is 0.286 e. The topological polar surface area (TPSA) is 70.5 Å². The first-order valence-electron chi connectivity index (χ1n) is 8.95. The lowest BCUT2D eigenvalue weighted by Gasteiger charge is -2.32. The average Bonchev–Trinajstić information content (AvgIpc) is 2.71. The van der Waals surface area contributed by atoms with E-state index in [2.05, 4.69) is 22.5 Å². The number of carbonyl (C=O) groups excluding carboxylic acids is 1. The highest BCUT2D eigenvalue weighted by Crippen LogP contribution is 2.15. The van der Waals surface area contributed by atoms with Crippen LogP contribution in [0.1, 0.15) is 10.5 Å². The Morgan fingerprint density at radius 1 is 0.926 bits per heavy atom. The van der Waals surface area contributed by atoms with Crippen LogP contribution >= 0.6 is 0 Å². The van der Waals surface area contributed by atoms with Crippen molar-refractivity contribution in [1.29, 1.82) is 0 Å². The van der Waals surface area contributed by atoms with E-state index in [1.54, 1.807) is 30.3 Å². The molecule has 1 aliphatic heterocycles. The third-order valence-corrected chi connectivity index (χ3v) is 4.78. The molecule has 0 unspecified atom stereocenters. The average molecular weight is 363 g/mol. The van der Waals surface area contributed by atoms with Gasteiger partial charge in [-0.25, -0.2) is 5.01 Å². The van der Waals surface area contributed by atoms with Crippen molar-refractivity contribution in [3.8, 4) is 5.69 Å². The van der Waals surface area contributed by atoms with Gasteiger partial charge in [-0.1, -0.05) is 36.4 Å². The first-order chi connectivity index (χ1) is 13.1. The molecule has 7 nitrogen and oxygen atoms in total. The molecule has 1 aromatic heterocycles. The minimum atomic E-state index is -0.305. The highest BCUT2D eigenvalue weighted by Gasteiger charge is 2.21. The number of hydrogen-bond donors (Lipinski definition) is 1. The molecule has 1 saturated heterocycles. The first-order valence-corrected chi connectivity index (χ1v) is 8.95. The number of hydrogen-bond acceptors (Lipinski definition) is 5. The second kappa shape index (κ2) is 7.30. The van der Waals surface area contributed by atoms with Crippen LogP contribution in [0.15, 0.2) is 59.4 Å². The van der Waals surface area contributed by atoms with Gasteiger partial charge in [0.1, 0.15) is 0 Å². The number of piperazine rings is 1. The van der Waals surface area contributed by atoms with Gasteiger partial charge in [-0.3, -0.25) is 15.0 Å². The van der Waals surface area contributed by atoms with Crippen molar-refractivity contribution in [1.82, 2.24) is 25.1 Å². The van der Waals surface area contributed by atoms with Gasteiger partial charge in [0.05, 0.1) is 11.1 Å². The Balaban J connectivity index is 1.76. The number of nitrogens with one attached hydrogen (secondary N) is 1. The molecule has 0 aliphatic carbocycles. The monoisotopic (exact) mass is 363 g/mol. The molecular weight excluding hydrogens is 342 g/mol. The largest absolute Gasteiger partial charge is 0.304 e. The Labute approximate surface area is 156 Å². The molecule has 1 amide bonds. The van der Waals surface area contributed by atoms with Crippen LogP contribution in [-0.4, -0.2) is 58.8 Å². The molecule has 0 saturated carbocycles. The number of rotatable bonds is 3. The summed E-state index contributed by atoms with van der Waals surface area (Å²) in [5, 5.41) is 7.33. The molecule has 2 aromatic carbocycles. The number of likely N-dealkylation sites (N-methyl/N-ethyl adjacent to an activating group) is 1. The van der Waals surface area contributed by atoms with Crippen molar-refractivity contribution in [3.63, 3.8) is 0 Å². The molecule has 2 heterocycles. The zero-order chi connectivity index (χ0) is 18.8. The molecule has 0 spiro atoms. The number of amides is 1. The van der Waals surface area contributed by atoms with E-state index in [4.69, 9.17) is 0 Å². The molecule has 0 atom stereocenters. The van der Waals surface area contributed by atoms with Crippen molar-refractivity contribution >= 4 is 16.7 Å². The molecule has 3 aromatic rings. The molecule has 138 valence electrons. The summed E-state index contributed by atoms with van der Waals surface area (Å²) in [7, 11) is 2.06. The fourth-order valence-corrected chi connectivity index (χ4v) is 3.22. The normalized spacial score (nSPS) is 15.7. The number of para-hydroxylation sites is 1. The van der Waals surface area contributed by atoms with E-state index in [1.165, 1.54) is 4.68 Å². The van der Waals surface area contributed by atoms with E-state index in [0.29, 0.717) is 16.5 Å². The maximum Gasteiger partial charge on any atom is 0.286 e. The zero-order valence-electron chi connectivity index (χ0n) is 15.1. The van der Waals surface area contributed by atoms with E-state index < -0.39 is 0 Å². The summed E-state index contributed by atoms with van der Waals surface area (Å²) in [5.74, 6) is -0.305. The third kappa shape index (κ3) is 3.47. The quantitative estimate of drug-likeness (QED) is 0.759. The lowest BCUT2D eigenvalue weighted by Crippen LogP contribution is -2.52. The second-order valence-corrected chi connectivity index (χ2v) is 6.68. The Hall–Kier alpha value is -3.03. The lowest BCUT2D eigenvalue weighted by atomic mass is 10.1. The number of hydrazine groups is 1. The molecule has 0 bridgehead atoms. The van der Waals surface area contributed by atoms with Gasteiger partial charge in [0.15, 0.2) is 5.69 Å². The van der Waals surface area contributed by atoms with Gasteiger partial charge in [-0.15, -0.1) is 0 Å². The summed E-state index contributed by atoms with van der Waals surface area (Å²) >= 11 is 0. The third-order valence-electron chi connectivity index (χ3n) is 4.78. The maximum atomic E-state index is 13.0. The van der Waals surface area contributed by atoms with Crippen LogP contribution in [0.25, 0.3) is 16.5 Å². The summed E-state index contributed by atoms with van der Waals surface area (Å²) in [6.07, 6.45) is 0. The van der Waals surface area contributed by atoms with Gasteiger partial charge in [-0.2, -0.15) is 9.78 Å². The van der Waals surface area contributed by atoms with E-state index in [-0.39, 0.29) is 17.2 Å². The number of nitrogens with zero attached hydrogens (tertiary/aromatic N) is 4.